The molecule has 0 saturated carbocycles. The Morgan fingerprint density at radius 1 is 1.21 bits per heavy atom. The van der Waals surface area contributed by atoms with E-state index in [-0.39, 0.29) is 16.9 Å². The van der Waals surface area contributed by atoms with E-state index in [1.54, 1.807) is 6.07 Å². The average Bonchev–Trinajstić information content (AvgIpc) is 2.17. The average molecular weight is 193 g/mol. The number of methoxy groups -OCH3 is 1. The summed E-state index contributed by atoms with van der Waals surface area (Å²) in [4.78, 5) is 10.9. The molecule has 0 aliphatic rings. The lowest BCUT2D eigenvalue weighted by atomic mass is 10.3. The largest absolute Gasteiger partial charge is 0.494 e. The van der Waals surface area contributed by atoms with E-state index in [2.05, 4.69) is 15.0 Å². The van der Waals surface area contributed by atoms with Gasteiger partial charge in [0.1, 0.15) is 11.3 Å². The topological polar surface area (TPSA) is 88.4 Å². The summed E-state index contributed by atoms with van der Waals surface area (Å²) in [6.07, 6.45) is 1.46. The van der Waals surface area contributed by atoms with Gasteiger partial charge in [-0.1, -0.05) is 0 Å². The Bertz CT molecular complexity index is 486. The fourth-order valence-corrected chi connectivity index (χ4v) is 1.15. The maximum absolute atomic E-state index is 9.34. The number of hydrogen-bond donors (Lipinski definition) is 2. The zero-order valence-electron chi connectivity index (χ0n) is 7.30. The Morgan fingerprint density at radius 3 is 2.71 bits per heavy atom. The summed E-state index contributed by atoms with van der Waals surface area (Å²) in [7, 11) is 1.46. The molecule has 14 heavy (non-hydrogen) atoms. The van der Waals surface area contributed by atoms with Gasteiger partial charge in [0.2, 0.25) is 5.88 Å². The van der Waals surface area contributed by atoms with E-state index in [9.17, 15) is 5.11 Å². The smallest absolute Gasteiger partial charge is 0.318 e. The summed E-state index contributed by atoms with van der Waals surface area (Å²) in [5, 5.41) is 18.4. The van der Waals surface area contributed by atoms with Crippen molar-refractivity contribution in [2.24, 2.45) is 0 Å². The molecule has 0 spiro atoms. The van der Waals surface area contributed by atoms with Gasteiger partial charge in [0.25, 0.3) is 0 Å². The number of fused-ring (bicyclic) bond motifs is 1. The van der Waals surface area contributed by atoms with Crippen molar-refractivity contribution in [2.45, 2.75) is 0 Å². The highest BCUT2D eigenvalue weighted by Gasteiger charge is 2.10. The predicted molar refractivity (Wildman–Crippen MR) is 47.2 cm³/mol. The second-order valence-corrected chi connectivity index (χ2v) is 2.56. The molecule has 0 aliphatic carbocycles. The molecule has 0 fully saturated rings. The highest BCUT2D eigenvalue weighted by atomic mass is 16.5. The number of aromatic nitrogens is 3. The van der Waals surface area contributed by atoms with Crippen LogP contribution in [0.15, 0.2) is 12.3 Å². The Hall–Kier alpha value is -2.11. The molecule has 0 amide bonds. The molecule has 0 atom stereocenters. The Kier molecular flexibility index (Phi) is 1.81. The van der Waals surface area contributed by atoms with Gasteiger partial charge in [0.05, 0.1) is 7.11 Å². The second kappa shape index (κ2) is 2.99. The van der Waals surface area contributed by atoms with Crippen molar-refractivity contribution in [1.82, 2.24) is 15.0 Å². The number of pyridine rings is 1. The monoisotopic (exact) mass is 193 g/mol. The normalized spacial score (nSPS) is 10.4. The van der Waals surface area contributed by atoms with Crippen molar-refractivity contribution in [3.63, 3.8) is 0 Å². The number of rotatable bonds is 1. The Balaban J connectivity index is 2.86. The molecule has 2 aromatic heterocycles. The number of nitrogens with zero attached hydrogens (tertiary/aromatic N) is 3. The minimum absolute atomic E-state index is 0.196. The first-order valence-electron chi connectivity index (χ1n) is 3.81. The summed E-state index contributed by atoms with van der Waals surface area (Å²) >= 11 is 0. The van der Waals surface area contributed by atoms with Gasteiger partial charge in [0, 0.05) is 12.3 Å². The molecule has 2 N–H and O–H groups in total. The van der Waals surface area contributed by atoms with Crippen LogP contribution in [0.3, 0.4) is 0 Å². The molecule has 0 radical (unpaired) electrons. The van der Waals surface area contributed by atoms with Crippen LogP contribution >= 0.6 is 0 Å². The van der Waals surface area contributed by atoms with Crippen LogP contribution in [-0.4, -0.2) is 32.3 Å². The van der Waals surface area contributed by atoms with Gasteiger partial charge in [-0.3, -0.25) is 0 Å². The molecular weight excluding hydrogens is 186 g/mol. The standard InChI is InChI=1S/C8H7N3O3/c1-14-4-2-3-9-6-5(4)10-8(13)11-7(6)12/h2-3H,1H3,(H2,10,11,12,13). The minimum atomic E-state index is -0.513. The number of ether oxygens (including phenoxy) is 1. The quantitative estimate of drug-likeness (QED) is 0.683. The van der Waals surface area contributed by atoms with Gasteiger partial charge >= 0.3 is 6.01 Å². The third kappa shape index (κ3) is 1.17. The molecule has 72 valence electrons. The van der Waals surface area contributed by atoms with Gasteiger partial charge in [-0.2, -0.15) is 9.97 Å². The van der Waals surface area contributed by atoms with Gasteiger partial charge < -0.3 is 14.9 Å². The number of aromatic hydroxyl groups is 2. The molecule has 0 bridgehead atoms. The van der Waals surface area contributed by atoms with Gasteiger partial charge in [-0.15, -0.1) is 0 Å². The van der Waals surface area contributed by atoms with Crippen LogP contribution in [0.25, 0.3) is 11.0 Å². The van der Waals surface area contributed by atoms with Crippen LogP contribution in [0.4, 0.5) is 0 Å². The first-order chi connectivity index (χ1) is 6.72. The Morgan fingerprint density at radius 2 is 2.00 bits per heavy atom. The Labute approximate surface area is 78.8 Å². The van der Waals surface area contributed by atoms with Crippen LogP contribution in [0.5, 0.6) is 17.6 Å². The maximum Gasteiger partial charge on any atom is 0.318 e. The molecular formula is C8H7N3O3. The lowest BCUT2D eigenvalue weighted by molar-refractivity contribution is 0.397. The molecule has 6 heteroatoms. The molecule has 0 saturated heterocycles. The lowest BCUT2D eigenvalue weighted by Crippen LogP contribution is -1.92. The van der Waals surface area contributed by atoms with E-state index in [1.165, 1.54) is 13.3 Å². The maximum atomic E-state index is 9.34. The van der Waals surface area contributed by atoms with Crippen LogP contribution in [0, 0.1) is 0 Å². The van der Waals surface area contributed by atoms with E-state index in [4.69, 9.17) is 9.84 Å². The van der Waals surface area contributed by atoms with Crippen molar-refractivity contribution < 1.29 is 14.9 Å². The van der Waals surface area contributed by atoms with E-state index in [0.29, 0.717) is 5.75 Å². The van der Waals surface area contributed by atoms with Crippen LogP contribution in [-0.2, 0) is 0 Å². The minimum Gasteiger partial charge on any atom is -0.494 e. The molecule has 0 aromatic carbocycles. The summed E-state index contributed by atoms with van der Waals surface area (Å²) in [5.74, 6) is 0.0504. The first kappa shape index (κ1) is 8.49. The fourth-order valence-electron chi connectivity index (χ4n) is 1.15. The SMILES string of the molecule is COc1ccnc2c(O)nc(O)nc12. The third-order valence-electron chi connectivity index (χ3n) is 1.74. The fraction of sp³-hybridized carbons (Fsp3) is 0.125. The highest BCUT2D eigenvalue weighted by molar-refractivity contribution is 5.84. The van der Waals surface area contributed by atoms with Gasteiger partial charge in [0.15, 0.2) is 5.52 Å². The van der Waals surface area contributed by atoms with Crippen molar-refractivity contribution >= 4 is 11.0 Å². The molecule has 0 unspecified atom stereocenters. The van der Waals surface area contributed by atoms with Gasteiger partial charge in [-0.25, -0.2) is 4.98 Å². The summed E-state index contributed by atoms with van der Waals surface area (Å²) < 4.78 is 4.98. The zero-order chi connectivity index (χ0) is 10.1. The first-order valence-corrected chi connectivity index (χ1v) is 3.81. The zero-order valence-corrected chi connectivity index (χ0v) is 7.30. The van der Waals surface area contributed by atoms with E-state index >= 15 is 0 Å². The van der Waals surface area contributed by atoms with E-state index in [1.807, 2.05) is 0 Å². The summed E-state index contributed by atoms with van der Waals surface area (Å²) in [5.41, 5.74) is 0.474. The third-order valence-corrected chi connectivity index (χ3v) is 1.74. The number of hydrogen-bond acceptors (Lipinski definition) is 6. The summed E-state index contributed by atoms with van der Waals surface area (Å²) in [6.45, 7) is 0. The summed E-state index contributed by atoms with van der Waals surface area (Å²) in [6, 6.07) is 1.06. The van der Waals surface area contributed by atoms with Gasteiger partial charge in [-0.05, 0) is 0 Å². The highest BCUT2D eigenvalue weighted by Crippen LogP contribution is 2.27. The van der Waals surface area contributed by atoms with E-state index in [0.717, 1.165) is 0 Å². The van der Waals surface area contributed by atoms with Crippen molar-refractivity contribution in [3.05, 3.63) is 12.3 Å². The van der Waals surface area contributed by atoms with E-state index < -0.39 is 6.01 Å². The van der Waals surface area contributed by atoms with Crippen molar-refractivity contribution in [1.29, 1.82) is 0 Å². The molecule has 2 aromatic rings. The second-order valence-electron chi connectivity index (χ2n) is 2.56. The predicted octanol–water partition coefficient (Wildman–Crippen LogP) is 0.445. The lowest BCUT2D eigenvalue weighted by Gasteiger charge is -2.03. The molecule has 0 aliphatic heterocycles. The van der Waals surface area contributed by atoms with Crippen LogP contribution < -0.4 is 4.74 Å². The molecule has 2 rings (SSSR count). The van der Waals surface area contributed by atoms with Crippen LogP contribution in [0.1, 0.15) is 0 Å². The van der Waals surface area contributed by atoms with Crippen molar-refractivity contribution in [3.8, 4) is 17.6 Å². The van der Waals surface area contributed by atoms with Crippen molar-refractivity contribution in [2.75, 3.05) is 7.11 Å². The molecule has 2 heterocycles. The van der Waals surface area contributed by atoms with Crippen LogP contribution in [0.2, 0.25) is 0 Å². The molecule has 6 nitrogen and oxygen atoms in total.